The predicted octanol–water partition coefficient (Wildman–Crippen LogP) is 1.73. The summed E-state index contributed by atoms with van der Waals surface area (Å²) in [6.45, 7) is 3.40. The van der Waals surface area contributed by atoms with Gasteiger partial charge in [0.1, 0.15) is 23.8 Å². The molecule has 0 saturated carbocycles. The number of para-hydroxylation sites is 1. The normalized spacial score (nSPS) is 31.0. The summed E-state index contributed by atoms with van der Waals surface area (Å²) in [5.41, 5.74) is -0.694. The lowest BCUT2D eigenvalue weighted by atomic mass is 9.73. The first-order valence-electron chi connectivity index (χ1n) is 14.7. The van der Waals surface area contributed by atoms with Crippen molar-refractivity contribution in [3.8, 4) is 0 Å². The Morgan fingerprint density at radius 2 is 1.76 bits per heavy atom. The molecule has 0 aliphatic carbocycles. The Kier molecular flexibility index (Phi) is 7.19. The zero-order valence-corrected chi connectivity index (χ0v) is 23.7. The number of ether oxygens (including phenoxy) is 1. The van der Waals surface area contributed by atoms with Crippen LogP contribution in [0.3, 0.4) is 0 Å². The quantitative estimate of drug-likeness (QED) is 0.365. The molecule has 1 spiro atoms. The van der Waals surface area contributed by atoms with Crippen LogP contribution in [0.4, 0.5) is 0 Å². The summed E-state index contributed by atoms with van der Waals surface area (Å²) < 4.78 is 8.66. The van der Waals surface area contributed by atoms with Gasteiger partial charge >= 0.3 is 0 Å². The smallest absolute Gasteiger partial charge is 0.250 e. The lowest BCUT2D eigenvalue weighted by Crippen LogP contribution is -2.56. The summed E-state index contributed by atoms with van der Waals surface area (Å²) in [4.78, 5) is 47.7. The number of unbranched alkanes of at least 4 members (excludes halogenated alkanes) is 3. The minimum Gasteiger partial charge on any atom is -0.396 e. The standard InChI is InChI=1S/C30H38N6O5/c1-3-29-14-10-16-33(2)26(38)23(29)24-27(39)35(18-8-4-5-9-19-37)25-28(40)34(17-11-15-30(24,25)41-29)20-36-22-13-7-6-12-21(22)31-32-36/h6-7,10-15,23-25,37H,3-5,8-9,16-20H2,1-2H3/t23-,24+,25?,29+,30+/m1/s1. The van der Waals surface area contributed by atoms with Crippen LogP contribution in [-0.2, 0) is 25.8 Å². The van der Waals surface area contributed by atoms with Gasteiger partial charge in [0.05, 0.1) is 23.0 Å². The van der Waals surface area contributed by atoms with Gasteiger partial charge in [-0.2, -0.15) is 0 Å². The lowest BCUT2D eigenvalue weighted by molar-refractivity contribution is -0.154. The molecule has 6 rings (SSSR count). The molecule has 1 unspecified atom stereocenters. The second-order valence-corrected chi connectivity index (χ2v) is 11.6. The van der Waals surface area contributed by atoms with Crippen LogP contribution in [0, 0.1) is 11.8 Å². The second-order valence-electron chi connectivity index (χ2n) is 11.6. The molecular weight excluding hydrogens is 524 g/mol. The molecule has 5 heterocycles. The first kappa shape index (κ1) is 27.6. The van der Waals surface area contributed by atoms with E-state index in [1.807, 2.05) is 55.5 Å². The second kappa shape index (κ2) is 10.7. The highest BCUT2D eigenvalue weighted by atomic mass is 16.5. The molecule has 11 nitrogen and oxygen atoms in total. The van der Waals surface area contributed by atoms with Crippen molar-refractivity contribution in [1.29, 1.82) is 0 Å². The van der Waals surface area contributed by atoms with Crippen molar-refractivity contribution < 1.29 is 24.2 Å². The van der Waals surface area contributed by atoms with Gasteiger partial charge in [-0.05, 0) is 31.4 Å². The van der Waals surface area contributed by atoms with E-state index in [1.54, 1.807) is 26.4 Å². The number of carbonyl (C=O) groups excluding carboxylic acids is 3. The molecule has 2 aromatic rings. The summed E-state index contributed by atoms with van der Waals surface area (Å²) in [5.74, 6) is -2.11. The van der Waals surface area contributed by atoms with Crippen LogP contribution in [0.25, 0.3) is 11.0 Å². The van der Waals surface area contributed by atoms with E-state index in [-0.39, 0.29) is 31.0 Å². The topological polar surface area (TPSA) is 121 Å². The first-order valence-corrected chi connectivity index (χ1v) is 14.7. The van der Waals surface area contributed by atoms with Crippen molar-refractivity contribution >= 4 is 28.8 Å². The minimum atomic E-state index is -1.27. The first-order chi connectivity index (χ1) is 19.9. The number of rotatable bonds is 9. The summed E-state index contributed by atoms with van der Waals surface area (Å²) in [6, 6.07) is 6.68. The molecule has 0 bridgehead atoms. The number of likely N-dealkylation sites (tertiary alicyclic amines) is 1. The largest absolute Gasteiger partial charge is 0.396 e. The summed E-state index contributed by atoms with van der Waals surface area (Å²) in [6.07, 6.45) is 11.2. The summed E-state index contributed by atoms with van der Waals surface area (Å²) >= 11 is 0. The van der Waals surface area contributed by atoms with Crippen LogP contribution < -0.4 is 0 Å². The highest BCUT2D eigenvalue weighted by Gasteiger charge is 2.75. The number of benzene rings is 1. The molecule has 0 radical (unpaired) electrons. The van der Waals surface area contributed by atoms with Crippen molar-refractivity contribution in [3.05, 3.63) is 48.6 Å². The number of amides is 3. The number of hydrogen-bond acceptors (Lipinski definition) is 7. The maximum Gasteiger partial charge on any atom is 0.250 e. The fraction of sp³-hybridized carbons (Fsp3) is 0.567. The van der Waals surface area contributed by atoms with E-state index in [2.05, 4.69) is 10.3 Å². The van der Waals surface area contributed by atoms with Gasteiger partial charge in [-0.3, -0.25) is 14.4 Å². The fourth-order valence-electron chi connectivity index (χ4n) is 7.23. The molecule has 2 fully saturated rings. The van der Waals surface area contributed by atoms with Crippen molar-refractivity contribution in [2.45, 2.75) is 62.9 Å². The zero-order chi connectivity index (χ0) is 28.8. The zero-order valence-electron chi connectivity index (χ0n) is 23.7. The van der Waals surface area contributed by atoms with E-state index >= 15 is 0 Å². The molecule has 11 heteroatoms. The molecule has 1 aromatic heterocycles. The third-order valence-electron chi connectivity index (χ3n) is 9.26. The number of aromatic nitrogens is 3. The number of likely N-dealkylation sites (N-methyl/N-ethyl adjacent to an activating group) is 1. The Balaban J connectivity index is 1.39. The van der Waals surface area contributed by atoms with E-state index in [0.29, 0.717) is 38.9 Å². The number of fused-ring (bicyclic) bond motifs is 3. The number of hydrogen-bond donors (Lipinski definition) is 1. The highest BCUT2D eigenvalue weighted by molar-refractivity contribution is 6.00. The molecule has 5 atom stereocenters. The number of carbonyl (C=O) groups is 3. The summed E-state index contributed by atoms with van der Waals surface area (Å²) in [5, 5.41) is 17.7. The molecule has 1 N–H and O–H groups in total. The third-order valence-corrected chi connectivity index (χ3v) is 9.26. The van der Waals surface area contributed by atoms with E-state index in [9.17, 15) is 19.5 Å². The van der Waals surface area contributed by atoms with Crippen LogP contribution in [0.2, 0.25) is 0 Å². The Morgan fingerprint density at radius 3 is 2.56 bits per heavy atom. The minimum absolute atomic E-state index is 0.128. The monoisotopic (exact) mass is 562 g/mol. The van der Waals surface area contributed by atoms with Crippen LogP contribution >= 0.6 is 0 Å². The van der Waals surface area contributed by atoms with Crippen LogP contribution in [0.1, 0.15) is 39.0 Å². The van der Waals surface area contributed by atoms with Crippen molar-refractivity contribution in [1.82, 2.24) is 29.7 Å². The molecule has 41 heavy (non-hydrogen) atoms. The molecule has 3 amide bonds. The Labute approximate surface area is 239 Å². The van der Waals surface area contributed by atoms with E-state index in [1.165, 1.54) is 0 Å². The van der Waals surface area contributed by atoms with Crippen molar-refractivity contribution in [2.24, 2.45) is 11.8 Å². The molecule has 2 saturated heterocycles. The highest BCUT2D eigenvalue weighted by Crippen LogP contribution is 2.58. The van der Waals surface area contributed by atoms with Crippen molar-refractivity contribution in [3.63, 3.8) is 0 Å². The average molecular weight is 563 g/mol. The SMILES string of the molecule is CC[C@]12C=CCN(C)C(=O)[C@H]1[C@H]1C(=O)N(CCCCCCO)C3C(=O)N(Cn4nnc5ccccc54)CC=C[C@@]31O2. The maximum absolute atomic E-state index is 14.5. The molecular formula is C30H38N6O5. The Hall–Kier alpha value is -3.57. The van der Waals surface area contributed by atoms with E-state index in [4.69, 9.17) is 4.74 Å². The van der Waals surface area contributed by atoms with Gasteiger partial charge in [0.2, 0.25) is 11.8 Å². The lowest BCUT2D eigenvalue weighted by Gasteiger charge is -2.38. The average Bonchev–Trinajstić information content (AvgIpc) is 3.52. The van der Waals surface area contributed by atoms with Crippen LogP contribution in [-0.4, -0.2) is 103 Å². The van der Waals surface area contributed by atoms with Gasteiger partial charge in [-0.1, -0.05) is 61.4 Å². The van der Waals surface area contributed by atoms with Gasteiger partial charge in [-0.25, -0.2) is 4.68 Å². The van der Waals surface area contributed by atoms with Gasteiger partial charge in [0.25, 0.3) is 5.91 Å². The van der Waals surface area contributed by atoms with Crippen LogP contribution in [0.5, 0.6) is 0 Å². The fourth-order valence-corrected chi connectivity index (χ4v) is 7.23. The molecule has 1 aromatic carbocycles. The van der Waals surface area contributed by atoms with E-state index in [0.717, 1.165) is 23.9 Å². The summed E-state index contributed by atoms with van der Waals surface area (Å²) in [7, 11) is 1.75. The Morgan fingerprint density at radius 1 is 0.976 bits per heavy atom. The Bertz CT molecular complexity index is 1400. The maximum atomic E-state index is 14.5. The van der Waals surface area contributed by atoms with Crippen LogP contribution in [0.15, 0.2) is 48.6 Å². The van der Waals surface area contributed by atoms with Gasteiger partial charge in [0.15, 0.2) is 0 Å². The van der Waals surface area contributed by atoms with Crippen molar-refractivity contribution in [2.75, 3.05) is 33.3 Å². The molecule has 4 aliphatic heterocycles. The van der Waals surface area contributed by atoms with E-state index < -0.39 is 29.1 Å². The number of nitrogens with zero attached hydrogens (tertiary/aromatic N) is 6. The number of aliphatic hydroxyl groups excluding tert-OH is 1. The molecule has 218 valence electrons. The predicted molar refractivity (Wildman–Crippen MR) is 150 cm³/mol. The third kappa shape index (κ3) is 4.28. The van der Waals surface area contributed by atoms with Gasteiger partial charge in [0, 0.05) is 33.3 Å². The van der Waals surface area contributed by atoms with Gasteiger partial charge in [-0.15, -0.1) is 5.10 Å². The molecule has 4 aliphatic rings. The number of aliphatic hydroxyl groups is 1. The van der Waals surface area contributed by atoms with Gasteiger partial charge < -0.3 is 24.5 Å².